The lowest BCUT2D eigenvalue weighted by atomic mass is 10.1. The lowest BCUT2D eigenvalue weighted by molar-refractivity contribution is 0.0211. The van der Waals surface area contributed by atoms with Gasteiger partial charge in [-0.15, -0.1) is 0 Å². The molecule has 1 aliphatic rings. The van der Waals surface area contributed by atoms with Gasteiger partial charge >= 0.3 is 0 Å². The highest BCUT2D eigenvalue weighted by Crippen LogP contribution is 2.05. The zero-order chi connectivity index (χ0) is 18.2. The number of hydrogen-bond acceptors (Lipinski definition) is 5. The first kappa shape index (κ1) is 21.1. The van der Waals surface area contributed by atoms with E-state index in [-0.39, 0.29) is 0 Å². The summed E-state index contributed by atoms with van der Waals surface area (Å²) in [5.74, 6) is 0.695. The van der Waals surface area contributed by atoms with Crippen molar-refractivity contribution in [2.24, 2.45) is 4.99 Å². The van der Waals surface area contributed by atoms with E-state index in [1.54, 1.807) is 0 Å². The third-order valence-corrected chi connectivity index (χ3v) is 4.60. The van der Waals surface area contributed by atoms with Gasteiger partial charge in [-0.25, -0.2) is 13.1 Å². The Morgan fingerprint density at radius 2 is 1.92 bits per heavy atom. The number of nitrogens with one attached hydrogen (secondary N) is 3. The van der Waals surface area contributed by atoms with Gasteiger partial charge in [0.25, 0.3) is 0 Å². The smallest absolute Gasteiger partial charge is 0.209 e. The van der Waals surface area contributed by atoms with E-state index in [4.69, 9.17) is 4.74 Å². The molecule has 0 spiro atoms. The van der Waals surface area contributed by atoms with Crippen LogP contribution in [0.1, 0.15) is 27.7 Å². The molecule has 1 heterocycles. The number of aliphatic imine (C=N–C) groups is 1. The van der Waals surface area contributed by atoms with Gasteiger partial charge in [0.15, 0.2) is 5.96 Å². The summed E-state index contributed by atoms with van der Waals surface area (Å²) >= 11 is 0. The van der Waals surface area contributed by atoms with Gasteiger partial charge < -0.3 is 15.4 Å². The summed E-state index contributed by atoms with van der Waals surface area (Å²) in [6.07, 6.45) is 1.16. The van der Waals surface area contributed by atoms with Crippen molar-refractivity contribution >= 4 is 16.0 Å². The number of hydrogen-bond donors (Lipinski definition) is 3. The van der Waals surface area contributed by atoms with Crippen LogP contribution >= 0.6 is 0 Å². The van der Waals surface area contributed by atoms with E-state index >= 15 is 0 Å². The maximum absolute atomic E-state index is 11.4. The Kier molecular flexibility index (Phi) is 8.41. The summed E-state index contributed by atoms with van der Waals surface area (Å²) in [5.41, 5.74) is -0.633. The van der Waals surface area contributed by atoms with Crippen LogP contribution < -0.4 is 15.4 Å². The molecule has 0 aromatic heterocycles. The zero-order valence-corrected chi connectivity index (χ0v) is 16.4. The minimum Gasteiger partial charge on any atom is -0.379 e. The lowest BCUT2D eigenvalue weighted by Gasteiger charge is -2.32. The Morgan fingerprint density at radius 1 is 1.29 bits per heavy atom. The second-order valence-corrected chi connectivity index (χ2v) is 8.58. The van der Waals surface area contributed by atoms with E-state index in [1.807, 2.05) is 20.8 Å². The average Bonchev–Trinajstić information content (AvgIpc) is 2.48. The summed E-state index contributed by atoms with van der Waals surface area (Å²) in [5, 5.41) is 6.53. The molecular formula is C15H33N5O3S. The Hall–Kier alpha value is -0.900. The molecule has 0 amide bonds. The third kappa shape index (κ3) is 8.81. The summed E-state index contributed by atoms with van der Waals surface area (Å²) in [6.45, 7) is 13.1. The first-order valence-corrected chi connectivity index (χ1v) is 10.3. The summed E-state index contributed by atoms with van der Waals surface area (Å²) in [4.78, 5) is 6.89. The molecule has 1 aliphatic heterocycles. The van der Waals surface area contributed by atoms with Crippen LogP contribution in [0.25, 0.3) is 0 Å². The van der Waals surface area contributed by atoms with Crippen molar-refractivity contribution in [3.8, 4) is 0 Å². The van der Waals surface area contributed by atoms with E-state index in [1.165, 1.54) is 0 Å². The predicted molar refractivity (Wildman–Crippen MR) is 97.9 cm³/mol. The van der Waals surface area contributed by atoms with Gasteiger partial charge in [-0.3, -0.25) is 9.89 Å². The number of nitrogens with zero attached hydrogens (tertiary/aromatic N) is 2. The second kappa shape index (κ2) is 9.55. The molecule has 0 aliphatic carbocycles. The van der Waals surface area contributed by atoms with Crippen molar-refractivity contribution in [3.63, 3.8) is 0 Å². The van der Waals surface area contributed by atoms with Crippen molar-refractivity contribution in [2.45, 2.75) is 39.3 Å². The lowest BCUT2D eigenvalue weighted by Crippen LogP contribution is -2.50. The average molecular weight is 364 g/mol. The molecule has 1 fully saturated rings. The molecule has 3 N–H and O–H groups in total. The molecule has 0 saturated carbocycles. The molecule has 0 aromatic rings. The van der Waals surface area contributed by atoms with Crippen molar-refractivity contribution < 1.29 is 13.2 Å². The number of sulfonamides is 1. The van der Waals surface area contributed by atoms with Crippen LogP contribution in [0.4, 0.5) is 0 Å². The summed E-state index contributed by atoms with van der Waals surface area (Å²) in [6, 6.07) is 0.375. The van der Waals surface area contributed by atoms with E-state index in [0.717, 1.165) is 45.6 Å². The van der Waals surface area contributed by atoms with E-state index in [9.17, 15) is 8.42 Å². The van der Waals surface area contributed by atoms with Crippen molar-refractivity contribution in [1.82, 2.24) is 20.3 Å². The molecule has 1 atom stereocenters. The fraction of sp³-hybridized carbons (Fsp3) is 0.933. The van der Waals surface area contributed by atoms with Crippen molar-refractivity contribution in [2.75, 3.05) is 52.2 Å². The summed E-state index contributed by atoms with van der Waals surface area (Å²) in [7, 11) is -3.26. The first-order chi connectivity index (χ1) is 11.1. The topological polar surface area (TPSA) is 95.1 Å². The highest BCUT2D eigenvalue weighted by molar-refractivity contribution is 7.88. The fourth-order valence-electron chi connectivity index (χ4n) is 2.54. The highest BCUT2D eigenvalue weighted by Gasteiger charge is 2.22. The van der Waals surface area contributed by atoms with Crippen LogP contribution in [0.5, 0.6) is 0 Å². The Bertz CT molecular complexity index is 501. The third-order valence-electron chi connectivity index (χ3n) is 3.67. The maximum atomic E-state index is 11.4. The molecule has 0 aromatic carbocycles. The van der Waals surface area contributed by atoms with Gasteiger partial charge in [0.2, 0.25) is 10.0 Å². The predicted octanol–water partition coefficient (Wildman–Crippen LogP) is -0.410. The van der Waals surface area contributed by atoms with Crippen LogP contribution in [0.15, 0.2) is 4.99 Å². The minimum absolute atomic E-state index is 0.349. The van der Waals surface area contributed by atoms with Crippen LogP contribution in [-0.4, -0.2) is 83.1 Å². The van der Waals surface area contributed by atoms with E-state index < -0.39 is 15.6 Å². The number of morpholine rings is 1. The number of ether oxygens (including phenoxy) is 1. The van der Waals surface area contributed by atoms with E-state index in [0.29, 0.717) is 18.5 Å². The second-order valence-electron chi connectivity index (χ2n) is 6.83. The summed E-state index contributed by atoms with van der Waals surface area (Å²) < 4.78 is 30.8. The Balaban J connectivity index is 2.55. The molecule has 1 rings (SSSR count). The molecule has 9 heteroatoms. The van der Waals surface area contributed by atoms with Gasteiger partial charge in [0.05, 0.1) is 26.0 Å². The molecule has 1 unspecified atom stereocenters. The maximum Gasteiger partial charge on any atom is 0.209 e. The van der Waals surface area contributed by atoms with Gasteiger partial charge in [0.1, 0.15) is 0 Å². The minimum atomic E-state index is -3.26. The van der Waals surface area contributed by atoms with Gasteiger partial charge in [0, 0.05) is 37.8 Å². The zero-order valence-electron chi connectivity index (χ0n) is 15.6. The van der Waals surface area contributed by atoms with Gasteiger partial charge in [-0.1, -0.05) is 0 Å². The van der Waals surface area contributed by atoms with Crippen LogP contribution in [0.3, 0.4) is 0 Å². The number of rotatable bonds is 8. The molecule has 8 nitrogen and oxygen atoms in total. The largest absolute Gasteiger partial charge is 0.379 e. The molecule has 24 heavy (non-hydrogen) atoms. The monoisotopic (exact) mass is 363 g/mol. The van der Waals surface area contributed by atoms with Crippen molar-refractivity contribution in [1.29, 1.82) is 0 Å². The standard InChI is InChI=1S/C15H33N5O3S/c1-6-16-14(18-12-15(3,4)19-24(5,21)22)17-11-13(2)20-7-9-23-10-8-20/h13,19H,6-12H2,1-5H3,(H2,16,17,18). The van der Waals surface area contributed by atoms with Gasteiger partial charge in [-0.05, 0) is 27.7 Å². The Morgan fingerprint density at radius 3 is 2.46 bits per heavy atom. The molecule has 1 saturated heterocycles. The first-order valence-electron chi connectivity index (χ1n) is 8.46. The van der Waals surface area contributed by atoms with E-state index in [2.05, 4.69) is 32.2 Å². The molecule has 142 valence electrons. The fourth-order valence-corrected chi connectivity index (χ4v) is 3.61. The van der Waals surface area contributed by atoms with Crippen LogP contribution in [0, 0.1) is 0 Å². The molecular weight excluding hydrogens is 330 g/mol. The SMILES string of the molecule is CCNC(=NCC(C)(C)NS(C)(=O)=O)NCC(C)N1CCOCC1. The quantitative estimate of drug-likeness (QED) is 0.401. The van der Waals surface area contributed by atoms with Crippen molar-refractivity contribution in [3.05, 3.63) is 0 Å². The molecule has 0 bridgehead atoms. The molecule has 0 radical (unpaired) electrons. The highest BCUT2D eigenvalue weighted by atomic mass is 32.2. The van der Waals surface area contributed by atoms with Crippen LogP contribution in [0.2, 0.25) is 0 Å². The number of guanidine groups is 1. The van der Waals surface area contributed by atoms with Crippen LogP contribution in [-0.2, 0) is 14.8 Å². The normalized spacial score (nSPS) is 19.1. The van der Waals surface area contributed by atoms with Gasteiger partial charge in [-0.2, -0.15) is 0 Å². The Labute approximate surface area is 146 Å².